The van der Waals surface area contributed by atoms with Crippen molar-refractivity contribution in [3.05, 3.63) is 34.0 Å². The SMILES string of the molecule is CCn1nc(C(C)C)cc1C(=O)N(Cc1nccs1)C1CC1. The van der Waals surface area contributed by atoms with Gasteiger partial charge in [-0.3, -0.25) is 9.48 Å². The molecule has 0 saturated heterocycles. The van der Waals surface area contributed by atoms with Crippen molar-refractivity contribution < 1.29 is 4.79 Å². The first-order chi connectivity index (χ1) is 10.6. The molecule has 0 N–H and O–H groups in total. The average molecular weight is 318 g/mol. The van der Waals surface area contributed by atoms with E-state index >= 15 is 0 Å². The highest BCUT2D eigenvalue weighted by atomic mass is 32.1. The van der Waals surface area contributed by atoms with Crippen LogP contribution in [0.3, 0.4) is 0 Å². The number of carbonyl (C=O) groups excluding carboxylic acids is 1. The highest BCUT2D eigenvalue weighted by Gasteiger charge is 2.35. The van der Waals surface area contributed by atoms with Crippen LogP contribution in [0, 0.1) is 0 Å². The van der Waals surface area contributed by atoms with Crippen LogP contribution in [-0.4, -0.2) is 31.6 Å². The van der Waals surface area contributed by atoms with E-state index < -0.39 is 0 Å². The van der Waals surface area contributed by atoms with Crippen LogP contribution in [-0.2, 0) is 13.1 Å². The van der Waals surface area contributed by atoms with E-state index in [1.807, 2.05) is 28.0 Å². The van der Waals surface area contributed by atoms with Gasteiger partial charge in [-0.2, -0.15) is 5.10 Å². The van der Waals surface area contributed by atoms with Crippen molar-refractivity contribution in [1.29, 1.82) is 0 Å². The molecular formula is C16H22N4OS. The fraction of sp³-hybridized carbons (Fsp3) is 0.562. The molecule has 2 aromatic rings. The zero-order valence-corrected chi connectivity index (χ0v) is 14.1. The summed E-state index contributed by atoms with van der Waals surface area (Å²) in [6, 6.07) is 2.31. The molecule has 0 aliphatic heterocycles. The predicted octanol–water partition coefficient (Wildman–Crippen LogP) is 3.29. The third-order valence-corrected chi connectivity index (χ3v) is 4.71. The number of aryl methyl sites for hydroxylation is 1. The number of amides is 1. The zero-order chi connectivity index (χ0) is 15.7. The lowest BCUT2D eigenvalue weighted by atomic mass is 10.1. The van der Waals surface area contributed by atoms with Gasteiger partial charge in [0.2, 0.25) is 0 Å². The summed E-state index contributed by atoms with van der Waals surface area (Å²) >= 11 is 1.60. The van der Waals surface area contributed by atoms with E-state index in [9.17, 15) is 4.79 Å². The lowest BCUT2D eigenvalue weighted by molar-refractivity contribution is 0.0717. The molecule has 1 saturated carbocycles. The molecule has 0 aromatic carbocycles. The molecule has 22 heavy (non-hydrogen) atoms. The molecule has 0 atom stereocenters. The number of rotatable bonds is 6. The van der Waals surface area contributed by atoms with Crippen molar-refractivity contribution >= 4 is 17.2 Å². The molecule has 1 fully saturated rings. The molecule has 1 aliphatic carbocycles. The smallest absolute Gasteiger partial charge is 0.272 e. The van der Waals surface area contributed by atoms with Gasteiger partial charge < -0.3 is 4.90 Å². The van der Waals surface area contributed by atoms with Crippen LogP contribution in [0.15, 0.2) is 17.6 Å². The fourth-order valence-electron chi connectivity index (χ4n) is 2.51. The predicted molar refractivity (Wildman–Crippen MR) is 87.0 cm³/mol. The summed E-state index contributed by atoms with van der Waals surface area (Å²) in [6.45, 7) is 7.54. The van der Waals surface area contributed by atoms with Gasteiger partial charge in [0.05, 0.1) is 12.2 Å². The second-order valence-corrected chi connectivity index (χ2v) is 6.99. The maximum Gasteiger partial charge on any atom is 0.272 e. The number of carbonyl (C=O) groups is 1. The maximum atomic E-state index is 13.0. The highest BCUT2D eigenvalue weighted by Crippen LogP contribution is 2.30. The number of hydrogen-bond acceptors (Lipinski definition) is 4. The number of hydrogen-bond donors (Lipinski definition) is 0. The van der Waals surface area contributed by atoms with Gasteiger partial charge in [0.25, 0.3) is 5.91 Å². The Balaban J connectivity index is 1.86. The number of aromatic nitrogens is 3. The summed E-state index contributed by atoms with van der Waals surface area (Å²) in [5.74, 6) is 0.409. The fourth-order valence-corrected chi connectivity index (χ4v) is 3.12. The Bertz CT molecular complexity index is 643. The molecule has 5 nitrogen and oxygen atoms in total. The first-order valence-electron chi connectivity index (χ1n) is 7.87. The second-order valence-electron chi connectivity index (χ2n) is 6.01. The van der Waals surface area contributed by atoms with Crippen LogP contribution in [0.25, 0.3) is 0 Å². The lowest BCUT2D eigenvalue weighted by Crippen LogP contribution is -2.34. The van der Waals surface area contributed by atoms with Crippen molar-refractivity contribution in [3.63, 3.8) is 0 Å². The van der Waals surface area contributed by atoms with Crippen LogP contribution >= 0.6 is 11.3 Å². The largest absolute Gasteiger partial charge is 0.328 e. The third kappa shape index (κ3) is 3.06. The standard InChI is InChI=1S/C16H22N4OS/c1-4-20-14(9-13(18-20)11(2)3)16(21)19(12-5-6-12)10-15-17-7-8-22-15/h7-9,11-12H,4-6,10H2,1-3H3. The van der Waals surface area contributed by atoms with Gasteiger partial charge in [0.15, 0.2) is 0 Å². The van der Waals surface area contributed by atoms with Gasteiger partial charge in [0, 0.05) is 24.2 Å². The maximum absolute atomic E-state index is 13.0. The Hall–Kier alpha value is -1.69. The topological polar surface area (TPSA) is 51.0 Å². The van der Waals surface area contributed by atoms with Crippen LogP contribution in [0.1, 0.15) is 60.7 Å². The monoisotopic (exact) mass is 318 g/mol. The molecule has 1 aliphatic rings. The Morgan fingerprint density at radius 3 is 2.82 bits per heavy atom. The average Bonchev–Trinajstić information content (AvgIpc) is 3.04. The molecule has 2 heterocycles. The minimum Gasteiger partial charge on any atom is -0.328 e. The van der Waals surface area contributed by atoms with Gasteiger partial charge in [-0.05, 0) is 31.7 Å². The van der Waals surface area contributed by atoms with Crippen molar-refractivity contribution in [3.8, 4) is 0 Å². The third-order valence-electron chi connectivity index (χ3n) is 3.95. The van der Waals surface area contributed by atoms with Crippen LogP contribution in [0.4, 0.5) is 0 Å². The molecule has 0 bridgehead atoms. The Morgan fingerprint density at radius 2 is 2.27 bits per heavy atom. The molecule has 6 heteroatoms. The van der Waals surface area contributed by atoms with Gasteiger partial charge in [-0.1, -0.05) is 13.8 Å². The number of nitrogens with zero attached hydrogens (tertiary/aromatic N) is 4. The molecular weight excluding hydrogens is 296 g/mol. The molecule has 0 unspecified atom stereocenters. The molecule has 0 spiro atoms. The number of thiazole rings is 1. The zero-order valence-electron chi connectivity index (χ0n) is 13.3. The van der Waals surface area contributed by atoms with E-state index in [-0.39, 0.29) is 5.91 Å². The molecule has 118 valence electrons. The van der Waals surface area contributed by atoms with E-state index in [1.165, 1.54) is 0 Å². The highest BCUT2D eigenvalue weighted by molar-refractivity contribution is 7.09. The van der Waals surface area contributed by atoms with Crippen LogP contribution < -0.4 is 0 Å². The lowest BCUT2D eigenvalue weighted by Gasteiger charge is -2.21. The van der Waals surface area contributed by atoms with E-state index in [0.717, 1.165) is 23.5 Å². The quantitative estimate of drug-likeness (QED) is 0.821. The van der Waals surface area contributed by atoms with Gasteiger partial charge in [0.1, 0.15) is 10.7 Å². The van der Waals surface area contributed by atoms with Crippen molar-refractivity contribution in [2.45, 2.75) is 58.7 Å². The normalized spacial score (nSPS) is 14.5. The second kappa shape index (κ2) is 6.20. The van der Waals surface area contributed by atoms with E-state index in [0.29, 0.717) is 30.7 Å². The molecule has 3 rings (SSSR count). The molecule has 0 radical (unpaired) electrons. The van der Waals surface area contributed by atoms with Crippen LogP contribution in [0.2, 0.25) is 0 Å². The Kier molecular flexibility index (Phi) is 4.29. The van der Waals surface area contributed by atoms with E-state index in [1.54, 1.807) is 17.5 Å². The van der Waals surface area contributed by atoms with Gasteiger partial charge in [-0.15, -0.1) is 11.3 Å². The molecule has 2 aromatic heterocycles. The summed E-state index contributed by atoms with van der Waals surface area (Å²) in [6.07, 6.45) is 3.98. The minimum absolute atomic E-state index is 0.0824. The summed E-state index contributed by atoms with van der Waals surface area (Å²) in [5.41, 5.74) is 1.69. The van der Waals surface area contributed by atoms with E-state index in [2.05, 4.69) is 23.9 Å². The summed E-state index contributed by atoms with van der Waals surface area (Å²) < 4.78 is 1.83. The van der Waals surface area contributed by atoms with Crippen molar-refractivity contribution in [2.75, 3.05) is 0 Å². The van der Waals surface area contributed by atoms with Gasteiger partial charge in [-0.25, -0.2) is 4.98 Å². The summed E-state index contributed by atoms with van der Waals surface area (Å²) in [4.78, 5) is 19.3. The first kappa shape index (κ1) is 15.2. The Morgan fingerprint density at radius 1 is 1.50 bits per heavy atom. The van der Waals surface area contributed by atoms with Crippen LogP contribution in [0.5, 0.6) is 0 Å². The Labute approximate surface area is 135 Å². The summed E-state index contributed by atoms with van der Waals surface area (Å²) in [5, 5.41) is 7.51. The van der Waals surface area contributed by atoms with E-state index in [4.69, 9.17) is 0 Å². The first-order valence-corrected chi connectivity index (χ1v) is 8.75. The van der Waals surface area contributed by atoms with Crippen molar-refractivity contribution in [1.82, 2.24) is 19.7 Å². The van der Waals surface area contributed by atoms with Gasteiger partial charge >= 0.3 is 0 Å². The molecule has 1 amide bonds. The minimum atomic E-state index is 0.0824. The summed E-state index contributed by atoms with van der Waals surface area (Å²) in [7, 11) is 0. The van der Waals surface area contributed by atoms with Crippen molar-refractivity contribution in [2.24, 2.45) is 0 Å².